The Labute approximate surface area is 175 Å². The Morgan fingerprint density at radius 3 is 2.50 bits per heavy atom. The molecule has 1 saturated heterocycles. The summed E-state index contributed by atoms with van der Waals surface area (Å²) in [5.74, 6) is 0.181. The summed E-state index contributed by atoms with van der Waals surface area (Å²) in [5.41, 5.74) is 1.59. The van der Waals surface area contributed by atoms with Crippen molar-refractivity contribution in [2.75, 3.05) is 26.8 Å². The van der Waals surface area contributed by atoms with Crippen LogP contribution in [0, 0.1) is 5.41 Å². The van der Waals surface area contributed by atoms with E-state index < -0.39 is 17.0 Å². The van der Waals surface area contributed by atoms with Gasteiger partial charge in [-0.1, -0.05) is 30.3 Å². The number of piperidine rings is 1. The maximum atomic E-state index is 13.0. The zero-order valence-electron chi connectivity index (χ0n) is 17.1. The molecule has 0 unspecified atom stereocenters. The van der Waals surface area contributed by atoms with Gasteiger partial charge in [0.25, 0.3) is 0 Å². The molecule has 0 radical (unpaired) electrons. The molecule has 7 nitrogen and oxygen atoms in total. The molecular weight excluding hydrogens is 382 g/mol. The van der Waals surface area contributed by atoms with Crippen molar-refractivity contribution in [3.8, 4) is 11.4 Å². The van der Waals surface area contributed by atoms with Crippen LogP contribution in [0.3, 0.4) is 0 Å². The quantitative estimate of drug-likeness (QED) is 0.574. The Morgan fingerprint density at radius 2 is 1.83 bits per heavy atom. The lowest BCUT2D eigenvalue weighted by molar-refractivity contribution is -0.159. The van der Waals surface area contributed by atoms with E-state index in [1.54, 1.807) is 4.90 Å². The van der Waals surface area contributed by atoms with E-state index in [1.807, 2.05) is 36.5 Å². The first-order valence-corrected chi connectivity index (χ1v) is 10.5. The van der Waals surface area contributed by atoms with Crippen molar-refractivity contribution in [3.05, 3.63) is 47.8 Å². The summed E-state index contributed by atoms with van der Waals surface area (Å²) in [5, 5.41) is 0. The molecule has 1 aliphatic carbocycles. The van der Waals surface area contributed by atoms with E-state index >= 15 is 0 Å². The third-order valence-electron chi connectivity index (χ3n) is 6.67. The van der Waals surface area contributed by atoms with Crippen LogP contribution in [-0.4, -0.2) is 53.6 Å². The summed E-state index contributed by atoms with van der Waals surface area (Å²) < 4.78 is 11.2. The molecule has 3 heterocycles. The van der Waals surface area contributed by atoms with Gasteiger partial charge in [-0.3, -0.25) is 9.59 Å². The summed E-state index contributed by atoms with van der Waals surface area (Å²) in [7, 11) is 1.34. The minimum Gasteiger partial charge on any atom is -0.468 e. The fourth-order valence-electron chi connectivity index (χ4n) is 4.72. The topological polar surface area (TPSA) is 81.6 Å². The molecule has 1 aromatic heterocycles. The Morgan fingerprint density at radius 1 is 1.10 bits per heavy atom. The smallest absolute Gasteiger partial charge is 0.321 e. The van der Waals surface area contributed by atoms with Gasteiger partial charge in [0, 0.05) is 24.8 Å². The van der Waals surface area contributed by atoms with Crippen LogP contribution in [0.15, 0.2) is 36.5 Å². The number of fused-ring (bicyclic) bond motifs is 2. The first-order chi connectivity index (χ1) is 14.6. The molecule has 2 aliphatic heterocycles. The number of methoxy groups -OCH3 is 1. The molecule has 1 saturated carbocycles. The number of benzene rings is 1. The van der Waals surface area contributed by atoms with Crippen LogP contribution in [0.1, 0.15) is 36.9 Å². The van der Waals surface area contributed by atoms with Crippen LogP contribution in [0.5, 0.6) is 0 Å². The van der Waals surface area contributed by atoms with Gasteiger partial charge in [0.15, 0.2) is 5.82 Å². The molecule has 7 heteroatoms. The van der Waals surface area contributed by atoms with Crippen molar-refractivity contribution in [1.29, 1.82) is 0 Å². The van der Waals surface area contributed by atoms with E-state index in [0.29, 0.717) is 51.2 Å². The lowest BCUT2D eigenvalue weighted by atomic mass is 9.82. The molecule has 156 valence electrons. The molecule has 0 bridgehead atoms. The molecule has 2 aromatic rings. The highest BCUT2D eigenvalue weighted by Gasteiger charge is 2.60. The van der Waals surface area contributed by atoms with Crippen LogP contribution in [-0.2, 0) is 31.1 Å². The van der Waals surface area contributed by atoms with Crippen LogP contribution in [0.4, 0.5) is 0 Å². The largest absolute Gasteiger partial charge is 0.468 e. The first-order valence-electron chi connectivity index (χ1n) is 10.5. The van der Waals surface area contributed by atoms with E-state index in [-0.39, 0.29) is 5.91 Å². The number of aromatic nitrogens is 2. The maximum Gasteiger partial charge on any atom is 0.321 e. The molecular formula is C23H25N3O4. The van der Waals surface area contributed by atoms with Gasteiger partial charge in [-0.2, -0.15) is 0 Å². The number of likely N-dealkylation sites (tertiary alicyclic amines) is 1. The Bertz CT molecular complexity index is 979. The fourth-order valence-corrected chi connectivity index (χ4v) is 4.72. The summed E-state index contributed by atoms with van der Waals surface area (Å²) in [6.45, 7) is 1.71. The molecule has 1 spiro atoms. The predicted octanol–water partition coefficient (Wildman–Crippen LogP) is 2.49. The minimum atomic E-state index is -0.951. The Kier molecular flexibility index (Phi) is 4.58. The third-order valence-corrected chi connectivity index (χ3v) is 6.67. The SMILES string of the molecule is COC(=O)C1(C(=O)N2CCC3(CC2)OCCc2cnc(-c4ccccc4)nc23)CC1. The average Bonchev–Trinajstić information content (AvgIpc) is 3.61. The number of esters is 1. The van der Waals surface area contributed by atoms with Gasteiger partial charge in [0.05, 0.1) is 19.4 Å². The van der Waals surface area contributed by atoms with Gasteiger partial charge in [0.2, 0.25) is 5.91 Å². The van der Waals surface area contributed by atoms with Crippen molar-refractivity contribution in [2.45, 2.75) is 37.7 Å². The number of carbonyl (C=O) groups is 2. The number of hydrogen-bond acceptors (Lipinski definition) is 6. The molecule has 1 aromatic carbocycles. The van der Waals surface area contributed by atoms with Crippen LogP contribution >= 0.6 is 0 Å². The second kappa shape index (κ2) is 7.16. The molecule has 0 atom stereocenters. The number of nitrogens with zero attached hydrogens (tertiary/aromatic N) is 3. The highest BCUT2D eigenvalue weighted by atomic mass is 16.5. The van der Waals surface area contributed by atoms with Gasteiger partial charge in [-0.25, -0.2) is 9.97 Å². The van der Waals surface area contributed by atoms with E-state index in [2.05, 4.69) is 4.98 Å². The third kappa shape index (κ3) is 2.99. The molecule has 2 fully saturated rings. The first kappa shape index (κ1) is 19.2. The summed E-state index contributed by atoms with van der Waals surface area (Å²) >= 11 is 0. The number of ether oxygens (including phenoxy) is 2. The van der Waals surface area contributed by atoms with E-state index in [4.69, 9.17) is 14.5 Å². The molecule has 30 heavy (non-hydrogen) atoms. The number of carbonyl (C=O) groups excluding carboxylic acids is 2. The maximum absolute atomic E-state index is 13.0. The van der Waals surface area contributed by atoms with Crippen LogP contribution in [0.25, 0.3) is 11.4 Å². The number of amides is 1. The van der Waals surface area contributed by atoms with Gasteiger partial charge in [0.1, 0.15) is 11.0 Å². The van der Waals surface area contributed by atoms with E-state index in [0.717, 1.165) is 23.2 Å². The van der Waals surface area contributed by atoms with Crippen molar-refractivity contribution in [2.24, 2.45) is 5.41 Å². The van der Waals surface area contributed by atoms with Crippen LogP contribution in [0.2, 0.25) is 0 Å². The number of hydrogen-bond donors (Lipinski definition) is 0. The van der Waals surface area contributed by atoms with Gasteiger partial charge in [-0.15, -0.1) is 0 Å². The second-order valence-electron chi connectivity index (χ2n) is 8.39. The fraction of sp³-hybridized carbons (Fsp3) is 0.478. The molecule has 1 amide bonds. The average molecular weight is 407 g/mol. The zero-order chi connectivity index (χ0) is 20.8. The van der Waals surface area contributed by atoms with E-state index in [9.17, 15) is 9.59 Å². The Hall–Kier alpha value is -2.80. The normalized spacial score (nSPS) is 21.0. The van der Waals surface area contributed by atoms with E-state index in [1.165, 1.54) is 7.11 Å². The monoisotopic (exact) mass is 407 g/mol. The second-order valence-corrected chi connectivity index (χ2v) is 8.39. The highest BCUT2D eigenvalue weighted by Crippen LogP contribution is 2.49. The predicted molar refractivity (Wildman–Crippen MR) is 108 cm³/mol. The standard InChI is InChI=1S/C23H25N3O4/c1-29-21(28)22(8-9-22)20(27)26-12-10-23(11-13-26)18-17(7-14-30-23)15-24-19(25-18)16-5-3-2-4-6-16/h2-6,15H,7-14H2,1H3. The lowest BCUT2D eigenvalue weighted by Gasteiger charge is -2.44. The van der Waals surface area contributed by atoms with Crippen molar-refractivity contribution in [1.82, 2.24) is 14.9 Å². The van der Waals surface area contributed by atoms with Gasteiger partial charge >= 0.3 is 5.97 Å². The highest BCUT2D eigenvalue weighted by molar-refractivity contribution is 6.05. The van der Waals surface area contributed by atoms with Crippen molar-refractivity contribution >= 4 is 11.9 Å². The zero-order valence-corrected chi connectivity index (χ0v) is 17.1. The van der Waals surface area contributed by atoms with Gasteiger partial charge in [-0.05, 0) is 37.7 Å². The van der Waals surface area contributed by atoms with Crippen molar-refractivity contribution in [3.63, 3.8) is 0 Å². The minimum absolute atomic E-state index is 0.104. The number of rotatable bonds is 3. The molecule has 0 N–H and O–H groups in total. The lowest BCUT2D eigenvalue weighted by Crippen LogP contribution is -2.51. The van der Waals surface area contributed by atoms with Crippen LogP contribution < -0.4 is 0 Å². The van der Waals surface area contributed by atoms with Crippen molar-refractivity contribution < 1.29 is 19.1 Å². The van der Waals surface area contributed by atoms with Gasteiger partial charge < -0.3 is 14.4 Å². The molecule has 3 aliphatic rings. The summed E-state index contributed by atoms with van der Waals surface area (Å²) in [6, 6.07) is 9.93. The summed E-state index contributed by atoms with van der Waals surface area (Å²) in [6.07, 6.45) is 5.19. The Balaban J connectivity index is 1.39. The summed E-state index contributed by atoms with van der Waals surface area (Å²) in [4.78, 5) is 36.4. The molecule has 5 rings (SSSR count).